The molecule has 0 aromatic rings. The van der Waals surface area contributed by atoms with Crippen molar-refractivity contribution in [1.29, 1.82) is 0 Å². The first-order chi connectivity index (χ1) is 8.86. The van der Waals surface area contributed by atoms with E-state index in [1.54, 1.807) is 0 Å². The maximum absolute atomic E-state index is 11.7. The highest BCUT2D eigenvalue weighted by Crippen LogP contribution is 2.59. The first-order valence-corrected chi connectivity index (χ1v) is 7.49. The molecule has 2 bridgehead atoms. The van der Waals surface area contributed by atoms with Crippen molar-refractivity contribution in [3.05, 3.63) is 0 Å². The van der Waals surface area contributed by atoms with Crippen molar-refractivity contribution in [1.82, 2.24) is 5.32 Å². The lowest BCUT2D eigenvalue weighted by Crippen LogP contribution is -2.32. The molecule has 4 nitrogen and oxygen atoms in total. The minimum absolute atomic E-state index is 0.158. The van der Waals surface area contributed by atoms with Gasteiger partial charge in [-0.05, 0) is 57.3 Å². The summed E-state index contributed by atoms with van der Waals surface area (Å²) in [6, 6.07) is 0. The predicted octanol–water partition coefficient (Wildman–Crippen LogP) is 3.06. The number of carbonyl (C=O) groups excluding carboxylic acids is 1. The molecule has 108 valence electrons. The molecule has 1 heterocycles. The van der Waals surface area contributed by atoms with E-state index < -0.39 is 11.8 Å². The quantitative estimate of drug-likeness (QED) is 0.742. The van der Waals surface area contributed by atoms with E-state index in [0.29, 0.717) is 5.41 Å². The molecule has 2 saturated carbocycles. The van der Waals surface area contributed by atoms with Crippen LogP contribution in [0.5, 0.6) is 0 Å². The molecule has 3 fully saturated rings. The molecule has 2 aliphatic carbocycles. The maximum atomic E-state index is 11.7. The summed E-state index contributed by atoms with van der Waals surface area (Å²) in [7, 11) is 0. The standard InChI is InChI=1S/C15H25NO3/c1-14(2,3)19-13(17)18-12-8-15(9-16-12)7-10-4-5-11(15)6-10/h10-12,16H,4-9H2,1-3H3. The zero-order valence-corrected chi connectivity index (χ0v) is 12.2. The van der Waals surface area contributed by atoms with Gasteiger partial charge < -0.3 is 9.47 Å². The Morgan fingerprint density at radius 2 is 2.05 bits per heavy atom. The molecule has 3 rings (SSSR count). The van der Waals surface area contributed by atoms with Gasteiger partial charge in [0.05, 0.1) is 0 Å². The Labute approximate surface area is 115 Å². The van der Waals surface area contributed by atoms with Gasteiger partial charge in [0.25, 0.3) is 0 Å². The van der Waals surface area contributed by atoms with Crippen LogP contribution >= 0.6 is 0 Å². The lowest BCUT2D eigenvalue weighted by Gasteiger charge is -2.32. The summed E-state index contributed by atoms with van der Waals surface area (Å²) in [5.74, 6) is 1.77. The molecule has 0 radical (unpaired) electrons. The molecule has 0 aromatic carbocycles. The third-order valence-corrected chi connectivity index (χ3v) is 5.00. The van der Waals surface area contributed by atoms with E-state index in [2.05, 4.69) is 5.32 Å². The van der Waals surface area contributed by atoms with Crippen LogP contribution in [0.25, 0.3) is 0 Å². The Bertz CT molecular complexity index is 376. The largest absolute Gasteiger partial charge is 0.510 e. The van der Waals surface area contributed by atoms with Gasteiger partial charge in [0.2, 0.25) is 0 Å². The summed E-state index contributed by atoms with van der Waals surface area (Å²) in [6.45, 7) is 6.57. The molecule has 0 amide bonds. The van der Waals surface area contributed by atoms with Gasteiger partial charge in [-0.25, -0.2) is 4.79 Å². The summed E-state index contributed by atoms with van der Waals surface area (Å²) in [5, 5.41) is 3.37. The van der Waals surface area contributed by atoms with Gasteiger partial charge in [0.15, 0.2) is 6.23 Å². The van der Waals surface area contributed by atoms with Crippen LogP contribution in [-0.4, -0.2) is 24.5 Å². The van der Waals surface area contributed by atoms with Crippen LogP contribution in [0.15, 0.2) is 0 Å². The summed E-state index contributed by atoms with van der Waals surface area (Å²) in [6.07, 6.45) is 5.74. The highest BCUT2D eigenvalue weighted by atomic mass is 16.7. The van der Waals surface area contributed by atoms with E-state index in [1.165, 1.54) is 25.7 Å². The fraction of sp³-hybridized carbons (Fsp3) is 0.933. The van der Waals surface area contributed by atoms with Gasteiger partial charge in [-0.1, -0.05) is 6.42 Å². The third-order valence-electron chi connectivity index (χ3n) is 5.00. The van der Waals surface area contributed by atoms with Crippen LogP contribution in [0, 0.1) is 17.3 Å². The summed E-state index contributed by atoms with van der Waals surface area (Å²) < 4.78 is 10.6. The molecule has 3 aliphatic rings. The monoisotopic (exact) mass is 267 g/mol. The zero-order valence-electron chi connectivity index (χ0n) is 12.2. The number of rotatable bonds is 1. The Balaban J connectivity index is 1.54. The smallest absolute Gasteiger partial charge is 0.429 e. The number of fused-ring (bicyclic) bond motifs is 3. The van der Waals surface area contributed by atoms with Crippen LogP contribution in [0.3, 0.4) is 0 Å². The SMILES string of the molecule is CC(C)(C)OC(=O)OC1CC2(CN1)CC1CCC2C1. The van der Waals surface area contributed by atoms with E-state index in [9.17, 15) is 4.79 Å². The lowest BCUT2D eigenvalue weighted by atomic mass is 9.72. The number of hydrogen-bond donors (Lipinski definition) is 1. The van der Waals surface area contributed by atoms with Crippen molar-refractivity contribution in [2.75, 3.05) is 6.54 Å². The van der Waals surface area contributed by atoms with Crippen LogP contribution in [0.1, 0.15) is 52.9 Å². The fourth-order valence-corrected chi connectivity index (χ4v) is 4.33. The van der Waals surface area contributed by atoms with Gasteiger partial charge in [-0.2, -0.15) is 0 Å². The van der Waals surface area contributed by atoms with Gasteiger partial charge in [0, 0.05) is 13.0 Å². The minimum atomic E-state index is -0.551. The van der Waals surface area contributed by atoms with Crippen LogP contribution in [0.4, 0.5) is 4.79 Å². The van der Waals surface area contributed by atoms with Gasteiger partial charge in [-0.15, -0.1) is 0 Å². The molecule has 1 saturated heterocycles. The lowest BCUT2D eigenvalue weighted by molar-refractivity contribution is -0.0326. The van der Waals surface area contributed by atoms with Crippen molar-refractivity contribution in [2.45, 2.75) is 64.7 Å². The predicted molar refractivity (Wildman–Crippen MR) is 71.6 cm³/mol. The van der Waals surface area contributed by atoms with Gasteiger partial charge >= 0.3 is 6.16 Å². The molecule has 1 spiro atoms. The highest BCUT2D eigenvalue weighted by molar-refractivity contribution is 5.60. The number of nitrogens with one attached hydrogen (secondary N) is 1. The van der Waals surface area contributed by atoms with Crippen molar-refractivity contribution in [3.63, 3.8) is 0 Å². The first-order valence-electron chi connectivity index (χ1n) is 7.49. The third kappa shape index (κ3) is 2.60. The molecule has 0 aromatic heterocycles. The second-order valence-electron chi connectivity index (χ2n) is 7.60. The second kappa shape index (κ2) is 4.37. The van der Waals surface area contributed by atoms with Crippen molar-refractivity contribution < 1.29 is 14.3 Å². The molecule has 4 heteroatoms. The second-order valence-corrected chi connectivity index (χ2v) is 7.60. The van der Waals surface area contributed by atoms with Crippen LogP contribution in [0.2, 0.25) is 0 Å². The molecule has 4 unspecified atom stereocenters. The van der Waals surface area contributed by atoms with Gasteiger partial charge in [0.1, 0.15) is 5.60 Å². The Hall–Kier alpha value is -0.770. The summed E-state index contributed by atoms with van der Waals surface area (Å²) in [5.41, 5.74) is -0.0879. The van der Waals surface area contributed by atoms with E-state index in [4.69, 9.17) is 9.47 Å². The fourth-order valence-electron chi connectivity index (χ4n) is 4.33. The van der Waals surface area contributed by atoms with E-state index >= 15 is 0 Å². The summed E-state index contributed by atoms with van der Waals surface area (Å²) in [4.78, 5) is 11.7. The average molecular weight is 267 g/mol. The van der Waals surface area contributed by atoms with Crippen LogP contribution < -0.4 is 5.32 Å². The number of ether oxygens (including phenoxy) is 2. The average Bonchev–Trinajstić information content (AvgIpc) is 2.92. The topological polar surface area (TPSA) is 47.6 Å². The van der Waals surface area contributed by atoms with Crippen molar-refractivity contribution in [3.8, 4) is 0 Å². The molecular formula is C15H25NO3. The van der Waals surface area contributed by atoms with E-state index in [-0.39, 0.29) is 6.23 Å². The first kappa shape index (κ1) is 13.2. The molecule has 4 atom stereocenters. The van der Waals surface area contributed by atoms with Gasteiger partial charge in [-0.3, -0.25) is 5.32 Å². The number of hydrogen-bond acceptors (Lipinski definition) is 4. The normalized spacial score (nSPS) is 40.9. The Morgan fingerprint density at radius 3 is 2.63 bits per heavy atom. The summed E-state index contributed by atoms with van der Waals surface area (Å²) >= 11 is 0. The highest BCUT2D eigenvalue weighted by Gasteiger charge is 2.54. The zero-order chi connectivity index (χ0) is 13.7. The van der Waals surface area contributed by atoms with Crippen LogP contribution in [-0.2, 0) is 9.47 Å². The molecule has 19 heavy (non-hydrogen) atoms. The van der Waals surface area contributed by atoms with E-state index in [1.807, 2.05) is 20.8 Å². The molecule has 1 aliphatic heterocycles. The van der Waals surface area contributed by atoms with Crippen molar-refractivity contribution >= 4 is 6.16 Å². The van der Waals surface area contributed by atoms with E-state index in [0.717, 1.165) is 24.8 Å². The maximum Gasteiger partial charge on any atom is 0.510 e. The molecular weight excluding hydrogens is 242 g/mol. The Morgan fingerprint density at radius 1 is 1.26 bits per heavy atom. The Kier molecular flexibility index (Phi) is 3.04. The minimum Gasteiger partial charge on any atom is -0.429 e. The number of carbonyl (C=O) groups is 1. The molecule has 1 N–H and O–H groups in total. The van der Waals surface area contributed by atoms with Crippen molar-refractivity contribution in [2.24, 2.45) is 17.3 Å².